The monoisotopic (exact) mass is 366 g/mol. The highest BCUT2D eigenvalue weighted by Crippen LogP contribution is 2.20. The van der Waals surface area contributed by atoms with E-state index in [2.05, 4.69) is 48.8 Å². The van der Waals surface area contributed by atoms with E-state index in [0.717, 1.165) is 25.3 Å². The van der Waals surface area contributed by atoms with E-state index in [4.69, 9.17) is 24.5 Å². The molecule has 26 heavy (non-hydrogen) atoms. The molecular formula is C19H30N2O5. The van der Waals surface area contributed by atoms with Crippen LogP contribution >= 0.6 is 0 Å². The molecule has 7 heteroatoms. The zero-order valence-electron chi connectivity index (χ0n) is 15.9. The number of aryl methyl sites for hydroxylation is 1. The molecule has 0 bridgehead atoms. The predicted molar refractivity (Wildman–Crippen MR) is 99.9 cm³/mol. The van der Waals surface area contributed by atoms with Crippen LogP contribution in [0.15, 0.2) is 18.2 Å². The first-order valence-corrected chi connectivity index (χ1v) is 8.95. The fourth-order valence-electron chi connectivity index (χ4n) is 2.68. The molecule has 2 N–H and O–H groups in total. The maximum absolute atomic E-state index is 9.10. The smallest absolute Gasteiger partial charge is 0.414 e. The average molecular weight is 366 g/mol. The van der Waals surface area contributed by atoms with Gasteiger partial charge in [-0.25, -0.2) is 9.59 Å². The summed E-state index contributed by atoms with van der Waals surface area (Å²) in [4.78, 5) is 23.3. The maximum atomic E-state index is 9.10. The van der Waals surface area contributed by atoms with E-state index in [1.807, 2.05) is 0 Å². The van der Waals surface area contributed by atoms with Gasteiger partial charge in [-0.15, -0.1) is 0 Å². The lowest BCUT2D eigenvalue weighted by Crippen LogP contribution is -2.46. The summed E-state index contributed by atoms with van der Waals surface area (Å²) < 4.78 is 5.91. The standard InChI is InChI=1S/C17H28N2O.C2H2O4/c1-4-18-10-12-19(13-11-18)9-6-14-20-17-8-5-7-15(2)16(17)3;3-1(4)2(5)6/h5,7-8H,4,6,9-14H2,1-3H3;(H,3,4)(H,5,6). The molecule has 0 atom stereocenters. The van der Waals surface area contributed by atoms with Crippen LogP contribution in [0.2, 0.25) is 0 Å². The van der Waals surface area contributed by atoms with Gasteiger partial charge in [-0.3, -0.25) is 0 Å². The minimum Gasteiger partial charge on any atom is -0.493 e. The third kappa shape index (κ3) is 7.84. The second-order valence-electron chi connectivity index (χ2n) is 6.29. The van der Waals surface area contributed by atoms with E-state index < -0.39 is 11.9 Å². The minimum absolute atomic E-state index is 0.818. The molecule has 1 aromatic carbocycles. The number of carbonyl (C=O) groups is 2. The van der Waals surface area contributed by atoms with E-state index in [9.17, 15) is 0 Å². The molecule has 0 radical (unpaired) electrons. The van der Waals surface area contributed by atoms with Gasteiger partial charge >= 0.3 is 11.9 Å². The van der Waals surface area contributed by atoms with Crippen LogP contribution in [0.4, 0.5) is 0 Å². The molecule has 0 aliphatic carbocycles. The topological polar surface area (TPSA) is 90.3 Å². The number of aliphatic carboxylic acids is 2. The molecule has 146 valence electrons. The van der Waals surface area contributed by atoms with Crippen molar-refractivity contribution in [1.29, 1.82) is 0 Å². The third-order valence-electron chi connectivity index (χ3n) is 4.53. The number of nitrogens with zero attached hydrogens (tertiary/aromatic N) is 2. The number of carboxylic acid groups (broad SMARTS) is 2. The minimum atomic E-state index is -1.82. The number of hydrogen-bond acceptors (Lipinski definition) is 5. The summed E-state index contributed by atoms with van der Waals surface area (Å²) in [7, 11) is 0. The van der Waals surface area contributed by atoms with Crippen molar-refractivity contribution >= 4 is 11.9 Å². The summed E-state index contributed by atoms with van der Waals surface area (Å²) in [5.74, 6) is -2.61. The first-order valence-electron chi connectivity index (χ1n) is 8.95. The van der Waals surface area contributed by atoms with Crippen LogP contribution in [0, 0.1) is 13.8 Å². The van der Waals surface area contributed by atoms with Crippen LogP contribution in [-0.2, 0) is 9.59 Å². The molecule has 1 fully saturated rings. The Balaban J connectivity index is 0.000000487. The van der Waals surface area contributed by atoms with Crippen molar-refractivity contribution in [2.45, 2.75) is 27.2 Å². The molecule has 0 saturated carbocycles. The molecule has 1 aliphatic rings. The third-order valence-corrected chi connectivity index (χ3v) is 4.53. The Morgan fingerprint density at radius 1 is 1.04 bits per heavy atom. The number of piperazine rings is 1. The van der Waals surface area contributed by atoms with Crippen LogP contribution in [0.1, 0.15) is 24.5 Å². The second-order valence-corrected chi connectivity index (χ2v) is 6.29. The highest BCUT2D eigenvalue weighted by Gasteiger charge is 2.14. The molecule has 1 saturated heterocycles. The van der Waals surface area contributed by atoms with Crippen molar-refractivity contribution in [3.63, 3.8) is 0 Å². The molecule has 1 aliphatic heterocycles. The molecule has 1 aromatic rings. The van der Waals surface area contributed by atoms with Crippen LogP contribution < -0.4 is 4.74 Å². The molecule has 0 unspecified atom stereocenters. The Bertz CT molecular complexity index is 571. The SMILES string of the molecule is CCN1CCN(CCCOc2cccc(C)c2C)CC1.O=C(O)C(=O)O. The van der Waals surface area contributed by atoms with Gasteiger partial charge in [-0.1, -0.05) is 19.1 Å². The second kappa shape index (κ2) is 11.5. The van der Waals surface area contributed by atoms with Gasteiger partial charge in [0, 0.05) is 32.7 Å². The quantitative estimate of drug-likeness (QED) is 0.587. The zero-order valence-corrected chi connectivity index (χ0v) is 15.9. The zero-order chi connectivity index (χ0) is 19.5. The lowest BCUT2D eigenvalue weighted by molar-refractivity contribution is -0.159. The van der Waals surface area contributed by atoms with Gasteiger partial charge < -0.3 is 24.7 Å². The van der Waals surface area contributed by atoms with Crippen molar-refractivity contribution < 1.29 is 24.5 Å². The van der Waals surface area contributed by atoms with Gasteiger partial charge in [0.15, 0.2) is 0 Å². The van der Waals surface area contributed by atoms with Crippen LogP contribution in [-0.4, -0.2) is 77.8 Å². The van der Waals surface area contributed by atoms with E-state index >= 15 is 0 Å². The van der Waals surface area contributed by atoms with Crippen molar-refractivity contribution in [1.82, 2.24) is 9.80 Å². The molecule has 0 amide bonds. The number of carboxylic acids is 2. The van der Waals surface area contributed by atoms with Gasteiger partial charge in [-0.05, 0) is 44.0 Å². The predicted octanol–water partition coefficient (Wildman–Crippen LogP) is 1.87. The molecule has 0 aromatic heterocycles. The Kier molecular flexibility index (Phi) is 9.69. The molecule has 0 spiro atoms. The summed E-state index contributed by atoms with van der Waals surface area (Å²) in [5, 5.41) is 14.8. The van der Waals surface area contributed by atoms with Crippen LogP contribution in [0.3, 0.4) is 0 Å². The number of ether oxygens (including phenoxy) is 1. The van der Waals surface area contributed by atoms with Gasteiger partial charge in [0.25, 0.3) is 0 Å². The number of rotatable bonds is 6. The van der Waals surface area contributed by atoms with E-state index in [-0.39, 0.29) is 0 Å². The highest BCUT2D eigenvalue weighted by molar-refractivity contribution is 6.27. The van der Waals surface area contributed by atoms with E-state index in [0.29, 0.717) is 0 Å². The molecular weight excluding hydrogens is 336 g/mol. The summed E-state index contributed by atoms with van der Waals surface area (Å²) in [6.45, 7) is 14.5. The average Bonchev–Trinajstić information content (AvgIpc) is 2.63. The van der Waals surface area contributed by atoms with Crippen LogP contribution in [0.25, 0.3) is 0 Å². The van der Waals surface area contributed by atoms with Crippen molar-refractivity contribution in [2.24, 2.45) is 0 Å². The van der Waals surface area contributed by atoms with Gasteiger partial charge in [0.2, 0.25) is 0 Å². The lowest BCUT2D eigenvalue weighted by atomic mass is 10.1. The van der Waals surface area contributed by atoms with Crippen LogP contribution in [0.5, 0.6) is 5.75 Å². The Morgan fingerprint density at radius 2 is 1.62 bits per heavy atom. The summed E-state index contributed by atoms with van der Waals surface area (Å²) in [6.07, 6.45) is 1.11. The van der Waals surface area contributed by atoms with E-state index in [1.165, 1.54) is 43.9 Å². The molecule has 1 heterocycles. The van der Waals surface area contributed by atoms with Gasteiger partial charge in [-0.2, -0.15) is 0 Å². The lowest BCUT2D eigenvalue weighted by Gasteiger charge is -2.33. The van der Waals surface area contributed by atoms with Crippen molar-refractivity contribution in [3.05, 3.63) is 29.3 Å². The molecule has 7 nitrogen and oxygen atoms in total. The van der Waals surface area contributed by atoms with Gasteiger partial charge in [0.1, 0.15) is 5.75 Å². The summed E-state index contributed by atoms with van der Waals surface area (Å²) in [5.41, 5.74) is 2.57. The fourth-order valence-corrected chi connectivity index (χ4v) is 2.68. The van der Waals surface area contributed by atoms with E-state index in [1.54, 1.807) is 0 Å². The highest BCUT2D eigenvalue weighted by atomic mass is 16.5. The largest absolute Gasteiger partial charge is 0.493 e. The Hall–Kier alpha value is -2.12. The first kappa shape index (κ1) is 21.9. The molecule has 2 rings (SSSR count). The maximum Gasteiger partial charge on any atom is 0.414 e. The van der Waals surface area contributed by atoms with Crippen molar-refractivity contribution in [2.75, 3.05) is 45.9 Å². The number of hydrogen-bond donors (Lipinski definition) is 2. The Morgan fingerprint density at radius 3 is 2.15 bits per heavy atom. The fraction of sp³-hybridized carbons (Fsp3) is 0.579. The summed E-state index contributed by atoms with van der Waals surface area (Å²) in [6, 6.07) is 6.28. The van der Waals surface area contributed by atoms with Crippen molar-refractivity contribution in [3.8, 4) is 5.75 Å². The van der Waals surface area contributed by atoms with Gasteiger partial charge in [0.05, 0.1) is 6.61 Å². The normalized spacial score (nSPS) is 15.0. The first-order chi connectivity index (χ1) is 12.3. The summed E-state index contributed by atoms with van der Waals surface area (Å²) >= 11 is 0. The number of benzene rings is 1. The number of likely N-dealkylation sites (N-methyl/N-ethyl adjacent to an activating group) is 1. The Labute approximate surface area is 155 Å².